The van der Waals surface area contributed by atoms with Crippen molar-refractivity contribution in [3.63, 3.8) is 0 Å². The maximum absolute atomic E-state index is 12.2. The van der Waals surface area contributed by atoms with Gasteiger partial charge in [0.1, 0.15) is 0 Å². The van der Waals surface area contributed by atoms with Gasteiger partial charge in [-0.25, -0.2) is 8.42 Å². The fraction of sp³-hybridized carbons (Fsp3) is 0.471. The molecule has 1 fully saturated rings. The molecule has 1 aliphatic rings. The molecule has 2 heterocycles. The quantitative estimate of drug-likeness (QED) is 0.817. The van der Waals surface area contributed by atoms with Gasteiger partial charge in [0.25, 0.3) is 5.56 Å². The topological polar surface area (TPSA) is 87.2 Å². The molecule has 1 aliphatic heterocycles. The second kappa shape index (κ2) is 7.45. The first-order valence-electron chi connectivity index (χ1n) is 8.51. The minimum absolute atomic E-state index is 0.137. The van der Waals surface area contributed by atoms with Crippen molar-refractivity contribution in [2.45, 2.75) is 25.8 Å². The van der Waals surface area contributed by atoms with Gasteiger partial charge in [0.2, 0.25) is 10.0 Å². The molecule has 0 saturated carbocycles. The molecule has 0 aliphatic carbocycles. The van der Waals surface area contributed by atoms with Crippen LogP contribution in [0.2, 0.25) is 0 Å². The number of piperidine rings is 1. The lowest BCUT2D eigenvalue weighted by atomic mass is 10.1. The Kier molecular flexibility index (Phi) is 5.29. The number of aromatic amines is 1. The van der Waals surface area contributed by atoms with Crippen molar-refractivity contribution >= 4 is 15.7 Å². The van der Waals surface area contributed by atoms with Crippen molar-refractivity contribution in [3.05, 3.63) is 40.8 Å². The van der Waals surface area contributed by atoms with Crippen LogP contribution in [0.25, 0.3) is 11.1 Å². The number of rotatable bonds is 6. The molecule has 25 heavy (non-hydrogen) atoms. The number of nitrogens with zero attached hydrogens (tertiary/aromatic N) is 2. The summed E-state index contributed by atoms with van der Waals surface area (Å²) in [6.45, 7) is 3.95. The van der Waals surface area contributed by atoms with Crippen LogP contribution in [0.4, 0.5) is 5.69 Å². The van der Waals surface area contributed by atoms with Gasteiger partial charge >= 0.3 is 0 Å². The first kappa shape index (κ1) is 17.8. The standard InChI is InChI=1S/C17H24N4O3S/c1-25(23,24)19-15-7-5-14(6-8-15)16-13-21(18-17(16)22)12-11-20-9-3-2-4-10-20/h5-8,13,19H,2-4,9-12H2,1H3,(H,18,22). The van der Waals surface area contributed by atoms with Crippen molar-refractivity contribution in [1.82, 2.24) is 14.7 Å². The van der Waals surface area contributed by atoms with Crippen LogP contribution in [0.5, 0.6) is 0 Å². The summed E-state index contributed by atoms with van der Waals surface area (Å²) >= 11 is 0. The molecule has 2 N–H and O–H groups in total. The second-order valence-corrected chi connectivity index (χ2v) is 8.28. The van der Waals surface area contributed by atoms with Gasteiger partial charge in [-0.05, 0) is 43.6 Å². The Labute approximate surface area is 147 Å². The number of benzene rings is 1. The number of sulfonamides is 1. The summed E-state index contributed by atoms with van der Waals surface area (Å²) in [5, 5.41) is 2.86. The van der Waals surface area contributed by atoms with Gasteiger partial charge in [0.15, 0.2) is 0 Å². The van der Waals surface area contributed by atoms with E-state index in [0.717, 1.165) is 38.0 Å². The average Bonchev–Trinajstić information content (AvgIpc) is 2.94. The number of aromatic nitrogens is 2. The van der Waals surface area contributed by atoms with Crippen LogP contribution in [-0.4, -0.2) is 49.0 Å². The SMILES string of the molecule is CS(=O)(=O)Nc1ccc(-c2cn(CCN3CCCCC3)[nH]c2=O)cc1. The van der Waals surface area contributed by atoms with Crippen LogP contribution < -0.4 is 10.3 Å². The van der Waals surface area contributed by atoms with Crippen LogP contribution in [0.1, 0.15) is 19.3 Å². The summed E-state index contributed by atoms with van der Waals surface area (Å²) in [4.78, 5) is 14.6. The lowest BCUT2D eigenvalue weighted by molar-refractivity contribution is 0.218. The number of H-pyrrole nitrogens is 1. The molecule has 7 nitrogen and oxygen atoms in total. The Morgan fingerprint density at radius 1 is 1.08 bits per heavy atom. The number of hydrogen-bond acceptors (Lipinski definition) is 4. The lowest BCUT2D eigenvalue weighted by Crippen LogP contribution is -2.32. The summed E-state index contributed by atoms with van der Waals surface area (Å²) < 4.78 is 26.7. The van der Waals surface area contributed by atoms with E-state index in [1.54, 1.807) is 24.3 Å². The van der Waals surface area contributed by atoms with Crippen LogP contribution in [-0.2, 0) is 16.6 Å². The summed E-state index contributed by atoms with van der Waals surface area (Å²) in [7, 11) is -3.30. The average molecular weight is 364 g/mol. The summed E-state index contributed by atoms with van der Waals surface area (Å²) in [5.74, 6) is 0. The van der Waals surface area contributed by atoms with Crippen LogP contribution in [0.15, 0.2) is 35.3 Å². The predicted molar refractivity (Wildman–Crippen MR) is 99.2 cm³/mol. The molecule has 1 saturated heterocycles. The van der Waals surface area contributed by atoms with E-state index >= 15 is 0 Å². The lowest BCUT2D eigenvalue weighted by Gasteiger charge is -2.26. The summed E-state index contributed by atoms with van der Waals surface area (Å²) in [6.07, 6.45) is 6.74. The van der Waals surface area contributed by atoms with E-state index < -0.39 is 10.0 Å². The number of nitrogens with one attached hydrogen (secondary N) is 2. The molecule has 0 bridgehead atoms. The summed E-state index contributed by atoms with van der Waals surface area (Å²) in [5.41, 5.74) is 1.69. The molecule has 136 valence electrons. The molecular weight excluding hydrogens is 340 g/mol. The third-order valence-corrected chi connectivity index (χ3v) is 4.99. The monoisotopic (exact) mass is 364 g/mol. The van der Waals surface area contributed by atoms with E-state index in [9.17, 15) is 13.2 Å². The highest BCUT2D eigenvalue weighted by atomic mass is 32.2. The number of hydrogen-bond donors (Lipinski definition) is 2. The Morgan fingerprint density at radius 3 is 2.40 bits per heavy atom. The Bertz CT molecular complexity index is 862. The van der Waals surface area contributed by atoms with Crippen molar-refractivity contribution in [1.29, 1.82) is 0 Å². The highest BCUT2D eigenvalue weighted by Gasteiger charge is 2.11. The Morgan fingerprint density at radius 2 is 1.76 bits per heavy atom. The first-order valence-corrected chi connectivity index (χ1v) is 10.4. The van der Waals surface area contributed by atoms with Gasteiger partial charge < -0.3 is 4.90 Å². The van der Waals surface area contributed by atoms with Gasteiger partial charge in [0.05, 0.1) is 18.4 Å². The molecule has 1 aromatic heterocycles. The van der Waals surface area contributed by atoms with E-state index in [4.69, 9.17) is 0 Å². The zero-order valence-corrected chi connectivity index (χ0v) is 15.2. The van der Waals surface area contributed by atoms with Gasteiger partial charge in [-0.3, -0.25) is 19.3 Å². The van der Waals surface area contributed by atoms with Gasteiger partial charge in [-0.1, -0.05) is 18.6 Å². The second-order valence-electron chi connectivity index (χ2n) is 6.53. The predicted octanol–water partition coefficient (Wildman–Crippen LogP) is 1.70. The van der Waals surface area contributed by atoms with E-state index in [2.05, 4.69) is 14.7 Å². The van der Waals surface area contributed by atoms with Gasteiger partial charge in [0, 0.05) is 18.4 Å². The van der Waals surface area contributed by atoms with Crippen LogP contribution in [0, 0.1) is 0 Å². The molecule has 0 atom stereocenters. The van der Waals surface area contributed by atoms with E-state index in [1.165, 1.54) is 19.3 Å². The third kappa shape index (κ3) is 4.96. The fourth-order valence-electron chi connectivity index (χ4n) is 3.13. The molecule has 0 spiro atoms. The smallest absolute Gasteiger partial charge is 0.271 e. The van der Waals surface area contributed by atoms with Crippen molar-refractivity contribution in [3.8, 4) is 11.1 Å². The number of anilines is 1. The van der Waals surface area contributed by atoms with Gasteiger partial charge in [-0.15, -0.1) is 0 Å². The molecule has 0 radical (unpaired) electrons. The van der Waals surface area contributed by atoms with E-state index in [0.29, 0.717) is 11.3 Å². The normalized spacial score (nSPS) is 16.0. The zero-order valence-electron chi connectivity index (χ0n) is 14.4. The van der Waals surface area contributed by atoms with Crippen LogP contribution in [0.3, 0.4) is 0 Å². The largest absolute Gasteiger partial charge is 0.302 e. The highest BCUT2D eigenvalue weighted by Crippen LogP contribution is 2.19. The zero-order chi connectivity index (χ0) is 17.9. The molecular formula is C17H24N4O3S. The molecule has 0 amide bonds. The van der Waals surface area contributed by atoms with Crippen molar-refractivity contribution < 1.29 is 8.42 Å². The summed E-state index contributed by atoms with van der Waals surface area (Å²) in [6, 6.07) is 6.79. The minimum atomic E-state index is -3.30. The van der Waals surface area contributed by atoms with E-state index in [1.807, 2.05) is 10.9 Å². The first-order chi connectivity index (χ1) is 11.9. The minimum Gasteiger partial charge on any atom is -0.302 e. The van der Waals surface area contributed by atoms with Gasteiger partial charge in [-0.2, -0.15) is 0 Å². The molecule has 2 aromatic rings. The van der Waals surface area contributed by atoms with Crippen molar-refractivity contribution in [2.24, 2.45) is 0 Å². The molecule has 8 heteroatoms. The third-order valence-electron chi connectivity index (χ3n) is 4.38. The van der Waals surface area contributed by atoms with E-state index in [-0.39, 0.29) is 5.56 Å². The van der Waals surface area contributed by atoms with Crippen LogP contribution >= 0.6 is 0 Å². The Balaban J connectivity index is 1.68. The van der Waals surface area contributed by atoms with Crippen molar-refractivity contribution in [2.75, 3.05) is 30.6 Å². The Hall–Kier alpha value is -2.06. The highest BCUT2D eigenvalue weighted by molar-refractivity contribution is 7.92. The maximum Gasteiger partial charge on any atom is 0.271 e. The molecule has 0 unspecified atom stereocenters. The molecule has 3 rings (SSSR count). The molecule has 1 aromatic carbocycles. The fourth-order valence-corrected chi connectivity index (χ4v) is 3.69. The number of likely N-dealkylation sites (tertiary alicyclic amines) is 1. The maximum atomic E-state index is 12.2.